The van der Waals surface area contributed by atoms with Crippen molar-refractivity contribution in [3.05, 3.63) is 0 Å². The minimum Gasteiger partial charge on any atom is -0.481 e. The van der Waals surface area contributed by atoms with Gasteiger partial charge in [-0.15, -0.1) is 0 Å². The van der Waals surface area contributed by atoms with E-state index in [1.54, 1.807) is 0 Å². The van der Waals surface area contributed by atoms with Crippen molar-refractivity contribution in [2.75, 3.05) is 6.61 Å². The highest BCUT2D eigenvalue weighted by Crippen LogP contribution is 2.27. The lowest BCUT2D eigenvalue weighted by atomic mass is 9.84. The number of carbonyl (C=O) groups is 1. The molecule has 0 amide bonds. The molecule has 0 aliphatic heterocycles. The van der Waals surface area contributed by atoms with E-state index in [0.29, 0.717) is 19.4 Å². The van der Waals surface area contributed by atoms with Gasteiger partial charge in [-0.3, -0.25) is 4.79 Å². The number of sulfonamides is 1. The maximum absolute atomic E-state index is 11.6. The summed E-state index contributed by atoms with van der Waals surface area (Å²) in [7, 11) is -3.71. The maximum atomic E-state index is 11.6. The van der Waals surface area contributed by atoms with Crippen molar-refractivity contribution in [1.29, 1.82) is 0 Å². The first-order valence-corrected chi connectivity index (χ1v) is 10.2. The van der Waals surface area contributed by atoms with Gasteiger partial charge in [0.2, 0.25) is 10.0 Å². The summed E-state index contributed by atoms with van der Waals surface area (Å²) in [5.74, 6) is -0.801. The van der Waals surface area contributed by atoms with Gasteiger partial charge >= 0.3 is 5.97 Å². The molecule has 6 nitrogen and oxygen atoms in total. The van der Waals surface area contributed by atoms with Crippen LogP contribution in [0.5, 0.6) is 0 Å². The minimum absolute atomic E-state index is 0.125. The van der Waals surface area contributed by atoms with Gasteiger partial charge in [0.1, 0.15) is 0 Å². The third-order valence-corrected chi connectivity index (χ3v) is 5.02. The molecule has 0 bridgehead atoms. The fourth-order valence-corrected chi connectivity index (χ4v) is 3.34. The van der Waals surface area contributed by atoms with E-state index in [1.807, 2.05) is 13.8 Å². The van der Waals surface area contributed by atoms with E-state index in [9.17, 15) is 13.2 Å². The molecule has 144 valence electrons. The molecule has 0 saturated carbocycles. The van der Waals surface area contributed by atoms with E-state index >= 15 is 0 Å². The molecule has 7 heteroatoms. The number of aliphatic carboxylic acids is 1. The van der Waals surface area contributed by atoms with Crippen LogP contribution >= 0.6 is 0 Å². The van der Waals surface area contributed by atoms with Crippen molar-refractivity contribution in [3.63, 3.8) is 0 Å². The van der Waals surface area contributed by atoms with Gasteiger partial charge in [0.05, 0.1) is 6.42 Å². The van der Waals surface area contributed by atoms with Gasteiger partial charge in [-0.2, -0.15) is 0 Å². The molecule has 0 rings (SSSR count). The van der Waals surface area contributed by atoms with Crippen molar-refractivity contribution in [1.82, 2.24) is 0 Å². The SMILES string of the molecule is CC(C)(C)CCCC(OCCCCC(C)(C)CC(=O)O)S(N)(=O)=O. The molecular weight excluding hydrogens is 330 g/mol. The lowest BCUT2D eigenvalue weighted by molar-refractivity contribution is -0.139. The van der Waals surface area contributed by atoms with Crippen LogP contribution in [0.3, 0.4) is 0 Å². The summed E-state index contributed by atoms with van der Waals surface area (Å²) in [6, 6.07) is 0. The van der Waals surface area contributed by atoms with Crippen LogP contribution in [-0.2, 0) is 19.6 Å². The Morgan fingerprint density at radius 3 is 2.12 bits per heavy atom. The summed E-state index contributed by atoms with van der Waals surface area (Å²) in [5.41, 5.74) is -1.07. The standard InChI is InChI=1S/C17H35NO5S/c1-16(2,3)10-8-9-15(24(18,21)22)23-12-7-6-11-17(4,5)13-14(19)20/h15H,6-13H2,1-5H3,(H,19,20)(H2,18,21,22). The van der Waals surface area contributed by atoms with Gasteiger partial charge in [0.25, 0.3) is 0 Å². The zero-order chi connectivity index (χ0) is 19.0. The Kier molecular flexibility index (Phi) is 9.46. The highest BCUT2D eigenvalue weighted by Gasteiger charge is 2.24. The number of hydrogen-bond donors (Lipinski definition) is 2. The molecule has 1 unspecified atom stereocenters. The first-order valence-electron chi connectivity index (χ1n) is 8.58. The van der Waals surface area contributed by atoms with Gasteiger partial charge in [-0.1, -0.05) is 41.0 Å². The fraction of sp³-hybridized carbons (Fsp3) is 0.941. The number of hydrogen-bond acceptors (Lipinski definition) is 4. The summed E-state index contributed by atoms with van der Waals surface area (Å²) in [6.07, 6.45) is 4.42. The molecule has 0 saturated heterocycles. The monoisotopic (exact) mass is 365 g/mol. The molecule has 0 radical (unpaired) electrons. The number of carboxylic acids is 1. The topological polar surface area (TPSA) is 107 Å². The highest BCUT2D eigenvalue weighted by molar-refractivity contribution is 7.89. The average molecular weight is 366 g/mol. The Balaban J connectivity index is 4.19. The molecule has 0 aromatic heterocycles. The van der Waals surface area contributed by atoms with Crippen LogP contribution in [0.1, 0.15) is 79.6 Å². The van der Waals surface area contributed by atoms with Crippen LogP contribution in [0.4, 0.5) is 0 Å². The molecule has 0 heterocycles. The molecule has 0 aliphatic rings. The van der Waals surface area contributed by atoms with E-state index in [0.717, 1.165) is 25.7 Å². The Morgan fingerprint density at radius 1 is 1.08 bits per heavy atom. The van der Waals surface area contributed by atoms with Gasteiger partial charge < -0.3 is 9.84 Å². The normalized spacial score (nSPS) is 14.6. The fourth-order valence-electron chi connectivity index (χ4n) is 2.56. The van der Waals surface area contributed by atoms with Crippen LogP contribution in [0.15, 0.2) is 0 Å². The number of nitrogens with two attached hydrogens (primary N) is 1. The highest BCUT2D eigenvalue weighted by atomic mass is 32.2. The quantitative estimate of drug-likeness (QED) is 0.515. The Bertz CT molecular complexity index is 480. The molecule has 0 aromatic rings. The summed E-state index contributed by atoms with van der Waals surface area (Å²) in [5, 5.41) is 14.1. The summed E-state index contributed by atoms with van der Waals surface area (Å²) < 4.78 is 28.7. The second kappa shape index (κ2) is 9.73. The third-order valence-electron chi connectivity index (χ3n) is 3.91. The summed E-state index contributed by atoms with van der Waals surface area (Å²) in [4.78, 5) is 10.8. The molecule has 0 aromatic carbocycles. The van der Waals surface area contributed by atoms with Crippen LogP contribution < -0.4 is 5.14 Å². The Labute approximate surface area is 147 Å². The van der Waals surface area contributed by atoms with E-state index in [4.69, 9.17) is 15.0 Å². The lowest BCUT2D eigenvalue weighted by Crippen LogP contribution is -2.31. The van der Waals surface area contributed by atoms with Gasteiger partial charge in [-0.25, -0.2) is 13.6 Å². The Morgan fingerprint density at radius 2 is 1.67 bits per heavy atom. The van der Waals surface area contributed by atoms with E-state index in [2.05, 4.69) is 20.8 Å². The summed E-state index contributed by atoms with van der Waals surface area (Å²) in [6.45, 7) is 10.5. The second-order valence-corrected chi connectivity index (χ2v) is 10.2. The molecule has 24 heavy (non-hydrogen) atoms. The molecular formula is C17H35NO5S. The van der Waals surface area contributed by atoms with Gasteiger partial charge in [0, 0.05) is 6.61 Å². The zero-order valence-corrected chi connectivity index (χ0v) is 16.6. The van der Waals surface area contributed by atoms with E-state index in [1.165, 1.54) is 0 Å². The summed E-state index contributed by atoms with van der Waals surface area (Å²) >= 11 is 0. The van der Waals surface area contributed by atoms with Gasteiger partial charge in [-0.05, 0) is 42.9 Å². The molecule has 0 spiro atoms. The number of ether oxygens (including phenoxy) is 1. The Hall–Kier alpha value is -0.660. The lowest BCUT2D eigenvalue weighted by Gasteiger charge is -2.23. The van der Waals surface area contributed by atoms with Crippen molar-refractivity contribution < 1.29 is 23.1 Å². The largest absolute Gasteiger partial charge is 0.481 e. The number of unbranched alkanes of at least 4 members (excludes halogenated alkanes) is 1. The van der Waals surface area contributed by atoms with E-state index in [-0.39, 0.29) is 17.3 Å². The predicted octanol–water partition coefficient (Wildman–Crippen LogP) is 3.51. The van der Waals surface area contributed by atoms with Crippen LogP contribution in [0.2, 0.25) is 0 Å². The average Bonchev–Trinajstić information content (AvgIpc) is 2.31. The van der Waals surface area contributed by atoms with Crippen molar-refractivity contribution >= 4 is 16.0 Å². The van der Waals surface area contributed by atoms with Crippen molar-refractivity contribution in [2.24, 2.45) is 16.0 Å². The predicted molar refractivity (Wildman–Crippen MR) is 96.0 cm³/mol. The molecule has 0 aliphatic carbocycles. The second-order valence-electron chi connectivity index (χ2n) is 8.53. The number of rotatable bonds is 12. The molecule has 0 fully saturated rings. The van der Waals surface area contributed by atoms with Gasteiger partial charge in [0.15, 0.2) is 5.44 Å². The minimum atomic E-state index is -3.71. The van der Waals surface area contributed by atoms with E-state index < -0.39 is 21.4 Å². The molecule has 3 N–H and O–H groups in total. The maximum Gasteiger partial charge on any atom is 0.303 e. The smallest absolute Gasteiger partial charge is 0.303 e. The van der Waals surface area contributed by atoms with Crippen LogP contribution in [-0.4, -0.2) is 31.5 Å². The van der Waals surface area contributed by atoms with Crippen LogP contribution in [0.25, 0.3) is 0 Å². The zero-order valence-electron chi connectivity index (χ0n) is 15.8. The van der Waals surface area contributed by atoms with Crippen molar-refractivity contribution in [3.8, 4) is 0 Å². The third kappa shape index (κ3) is 12.7. The van der Waals surface area contributed by atoms with Crippen LogP contribution in [0, 0.1) is 10.8 Å². The molecule has 1 atom stereocenters. The van der Waals surface area contributed by atoms with Crippen molar-refractivity contribution in [2.45, 2.75) is 85.0 Å². The first kappa shape index (κ1) is 23.3. The first-order chi connectivity index (χ1) is 10.7. The number of primary sulfonamides is 1. The number of carboxylic acid groups (broad SMARTS) is 1.